The Hall–Kier alpha value is -3.79. The third-order valence-corrected chi connectivity index (χ3v) is 6.66. The molecule has 0 bridgehead atoms. The molecule has 10 heteroatoms. The first-order chi connectivity index (χ1) is 18.1. The highest BCUT2D eigenvalue weighted by molar-refractivity contribution is 9.10. The number of halogens is 4. The van der Waals surface area contributed by atoms with Gasteiger partial charge in [-0.05, 0) is 67.9 Å². The van der Waals surface area contributed by atoms with E-state index in [0.29, 0.717) is 34.7 Å². The number of hydrogen-bond donors (Lipinski definition) is 0. The van der Waals surface area contributed by atoms with Crippen molar-refractivity contribution in [2.24, 2.45) is 0 Å². The van der Waals surface area contributed by atoms with Gasteiger partial charge in [0.15, 0.2) is 16.9 Å². The topological polar surface area (TPSA) is 69.0 Å². The lowest BCUT2D eigenvalue weighted by Gasteiger charge is -2.26. The number of carbonyl (C=O) groups excluding carboxylic acids is 1. The number of carbonyl (C=O) groups is 1. The van der Waals surface area contributed by atoms with Gasteiger partial charge in [0.2, 0.25) is 5.76 Å². The van der Waals surface area contributed by atoms with Gasteiger partial charge < -0.3 is 13.9 Å². The Bertz CT molecular complexity index is 1610. The minimum Gasteiger partial charge on any atom is -0.490 e. The molecule has 5 rings (SSSR count). The van der Waals surface area contributed by atoms with Crippen molar-refractivity contribution < 1.29 is 31.9 Å². The Kier molecular flexibility index (Phi) is 6.68. The van der Waals surface area contributed by atoms with Crippen molar-refractivity contribution in [1.82, 2.24) is 0 Å². The number of rotatable bonds is 6. The predicted octanol–water partition coefficient (Wildman–Crippen LogP) is 7.12. The largest absolute Gasteiger partial charge is 0.490 e. The minimum absolute atomic E-state index is 0.0299. The van der Waals surface area contributed by atoms with Gasteiger partial charge in [0, 0.05) is 10.2 Å². The highest BCUT2D eigenvalue weighted by atomic mass is 79.9. The Morgan fingerprint density at radius 3 is 2.39 bits per heavy atom. The summed E-state index contributed by atoms with van der Waals surface area (Å²) in [7, 11) is 0. The van der Waals surface area contributed by atoms with Crippen LogP contribution in [0.5, 0.6) is 11.5 Å². The van der Waals surface area contributed by atoms with Crippen molar-refractivity contribution in [3.63, 3.8) is 0 Å². The number of hydrogen-bond acceptors (Lipinski definition) is 5. The second-order valence-electron chi connectivity index (χ2n) is 8.51. The highest BCUT2D eigenvalue weighted by Crippen LogP contribution is 2.44. The molecule has 0 saturated heterocycles. The Labute approximate surface area is 223 Å². The molecule has 0 fully saturated rings. The van der Waals surface area contributed by atoms with Crippen LogP contribution in [0.2, 0.25) is 0 Å². The fourth-order valence-electron chi connectivity index (χ4n) is 4.60. The van der Waals surface area contributed by atoms with Crippen molar-refractivity contribution >= 4 is 38.5 Å². The molecule has 38 heavy (non-hydrogen) atoms. The van der Waals surface area contributed by atoms with Gasteiger partial charge in [-0.1, -0.05) is 28.1 Å². The first-order valence-corrected chi connectivity index (χ1v) is 12.6. The molecule has 1 aliphatic heterocycles. The molecule has 0 N–H and O–H groups in total. The van der Waals surface area contributed by atoms with Crippen LogP contribution in [-0.4, -0.2) is 19.1 Å². The normalized spacial score (nSPS) is 15.2. The molecule has 3 aromatic carbocycles. The van der Waals surface area contributed by atoms with Crippen molar-refractivity contribution in [2.75, 3.05) is 18.1 Å². The zero-order chi connectivity index (χ0) is 27.2. The van der Waals surface area contributed by atoms with Crippen LogP contribution in [-0.2, 0) is 6.18 Å². The maximum absolute atomic E-state index is 13.8. The van der Waals surface area contributed by atoms with E-state index in [1.165, 1.54) is 12.1 Å². The molecular weight excluding hydrogens is 567 g/mol. The van der Waals surface area contributed by atoms with E-state index in [2.05, 4.69) is 15.9 Å². The molecule has 1 unspecified atom stereocenters. The number of anilines is 1. The Morgan fingerprint density at radius 2 is 1.68 bits per heavy atom. The monoisotopic (exact) mass is 587 g/mol. The SMILES string of the molecule is CCOc1ccc(C2c3c(oc4ccc(Br)cc4c3=O)C(=O)N2c2cccc(C(F)(F)F)c2)cc1OCC. The summed E-state index contributed by atoms with van der Waals surface area (Å²) in [6, 6.07) is 13.1. The van der Waals surface area contributed by atoms with E-state index in [9.17, 15) is 22.8 Å². The molecule has 0 aliphatic carbocycles. The van der Waals surface area contributed by atoms with Crippen LogP contribution in [0.15, 0.2) is 74.3 Å². The summed E-state index contributed by atoms with van der Waals surface area (Å²) in [6.45, 7) is 4.32. The van der Waals surface area contributed by atoms with Gasteiger partial charge in [-0.3, -0.25) is 14.5 Å². The van der Waals surface area contributed by atoms with Crippen LogP contribution in [0.1, 0.15) is 47.1 Å². The summed E-state index contributed by atoms with van der Waals surface area (Å²) >= 11 is 3.35. The van der Waals surface area contributed by atoms with E-state index in [1.54, 1.807) is 43.3 Å². The second kappa shape index (κ2) is 9.83. The zero-order valence-corrected chi connectivity index (χ0v) is 21.9. The molecule has 0 saturated carbocycles. The van der Waals surface area contributed by atoms with E-state index in [-0.39, 0.29) is 28.0 Å². The lowest BCUT2D eigenvalue weighted by Crippen LogP contribution is -2.29. The number of amides is 1. The fourth-order valence-corrected chi connectivity index (χ4v) is 4.96. The number of ether oxygens (including phenoxy) is 2. The number of benzene rings is 3. The van der Waals surface area contributed by atoms with Crippen LogP contribution < -0.4 is 19.8 Å². The predicted molar refractivity (Wildman–Crippen MR) is 139 cm³/mol. The number of alkyl halides is 3. The molecule has 1 aromatic heterocycles. The van der Waals surface area contributed by atoms with E-state index in [4.69, 9.17) is 13.9 Å². The minimum atomic E-state index is -4.63. The fraction of sp³-hybridized carbons (Fsp3) is 0.214. The molecule has 6 nitrogen and oxygen atoms in total. The maximum atomic E-state index is 13.8. The van der Waals surface area contributed by atoms with E-state index in [1.807, 2.05) is 6.92 Å². The summed E-state index contributed by atoms with van der Waals surface area (Å²) in [6.07, 6.45) is -4.63. The molecule has 0 spiro atoms. The molecule has 1 aliphatic rings. The van der Waals surface area contributed by atoms with Gasteiger partial charge in [-0.2, -0.15) is 13.2 Å². The zero-order valence-electron chi connectivity index (χ0n) is 20.3. The smallest absolute Gasteiger partial charge is 0.416 e. The molecule has 196 valence electrons. The van der Waals surface area contributed by atoms with Crippen LogP contribution >= 0.6 is 15.9 Å². The van der Waals surface area contributed by atoms with Gasteiger partial charge in [0.1, 0.15) is 5.58 Å². The van der Waals surface area contributed by atoms with Crippen LogP contribution in [0.3, 0.4) is 0 Å². The van der Waals surface area contributed by atoms with Crippen molar-refractivity contribution in [2.45, 2.75) is 26.1 Å². The number of nitrogens with zero attached hydrogens (tertiary/aromatic N) is 1. The Morgan fingerprint density at radius 1 is 0.947 bits per heavy atom. The highest BCUT2D eigenvalue weighted by Gasteiger charge is 2.44. The second-order valence-corrected chi connectivity index (χ2v) is 9.43. The molecule has 4 aromatic rings. The van der Waals surface area contributed by atoms with Gasteiger partial charge >= 0.3 is 6.18 Å². The van der Waals surface area contributed by atoms with Crippen molar-refractivity contribution in [3.05, 3.63) is 97.8 Å². The average molecular weight is 588 g/mol. The van der Waals surface area contributed by atoms with Crippen LogP contribution in [0.4, 0.5) is 18.9 Å². The molecule has 2 heterocycles. The molecule has 0 radical (unpaired) electrons. The molecule has 1 atom stereocenters. The van der Waals surface area contributed by atoms with Gasteiger partial charge in [0.05, 0.1) is 35.8 Å². The summed E-state index contributed by atoms with van der Waals surface area (Å²) in [5.74, 6) is -0.107. The average Bonchev–Trinajstić information content (AvgIpc) is 3.18. The van der Waals surface area contributed by atoms with Crippen LogP contribution in [0.25, 0.3) is 11.0 Å². The molecule has 1 amide bonds. The van der Waals surface area contributed by atoms with E-state index in [0.717, 1.165) is 17.0 Å². The lowest BCUT2D eigenvalue weighted by molar-refractivity contribution is -0.137. The Balaban J connectivity index is 1.78. The van der Waals surface area contributed by atoms with Gasteiger partial charge in [-0.25, -0.2) is 0 Å². The standard InChI is InChI=1S/C28H21BrF3NO5/c1-3-36-21-10-8-15(12-22(21)37-4-2)24-23-25(34)19-14-17(29)9-11-20(19)38-26(23)27(35)33(24)18-7-5-6-16(13-18)28(30,31)32/h5-14,24H,3-4H2,1-2H3. The first-order valence-electron chi connectivity index (χ1n) is 11.8. The number of fused-ring (bicyclic) bond motifs is 2. The summed E-state index contributed by atoms with van der Waals surface area (Å²) < 4.78 is 58.6. The molecular formula is C28H21BrF3NO5. The third-order valence-electron chi connectivity index (χ3n) is 6.17. The van der Waals surface area contributed by atoms with Crippen LogP contribution in [0, 0.1) is 0 Å². The van der Waals surface area contributed by atoms with E-state index < -0.39 is 29.1 Å². The van der Waals surface area contributed by atoms with E-state index >= 15 is 0 Å². The van der Waals surface area contributed by atoms with Gasteiger partial charge in [0.25, 0.3) is 5.91 Å². The lowest BCUT2D eigenvalue weighted by atomic mass is 9.97. The van der Waals surface area contributed by atoms with Gasteiger partial charge in [-0.15, -0.1) is 0 Å². The first kappa shape index (κ1) is 25.8. The summed E-state index contributed by atoms with van der Waals surface area (Å²) in [5, 5.41) is 0.234. The quantitative estimate of drug-likeness (QED) is 0.240. The summed E-state index contributed by atoms with van der Waals surface area (Å²) in [5.41, 5.74) is -0.739. The maximum Gasteiger partial charge on any atom is 0.416 e. The third kappa shape index (κ3) is 4.42. The summed E-state index contributed by atoms with van der Waals surface area (Å²) in [4.78, 5) is 28.7. The van der Waals surface area contributed by atoms with Crippen molar-refractivity contribution in [3.8, 4) is 11.5 Å². The van der Waals surface area contributed by atoms with Crippen molar-refractivity contribution in [1.29, 1.82) is 0 Å².